The third-order valence-electron chi connectivity index (χ3n) is 2.51. The van der Waals surface area contributed by atoms with Crippen molar-refractivity contribution in [2.24, 2.45) is 0 Å². The lowest BCUT2D eigenvalue weighted by Crippen LogP contribution is -2.35. The molecule has 4 nitrogen and oxygen atoms in total. The number of hydrogen-bond acceptors (Lipinski definition) is 3. The van der Waals surface area contributed by atoms with Gasteiger partial charge in [-0.05, 0) is 18.2 Å². The van der Waals surface area contributed by atoms with Gasteiger partial charge in [-0.25, -0.2) is 4.39 Å². The largest absolute Gasteiger partial charge is 0.383 e. The van der Waals surface area contributed by atoms with E-state index in [1.54, 1.807) is 0 Å². The van der Waals surface area contributed by atoms with Gasteiger partial charge in [-0.1, -0.05) is 11.6 Å². The van der Waals surface area contributed by atoms with Crippen molar-refractivity contribution in [2.45, 2.75) is 6.42 Å². The van der Waals surface area contributed by atoms with Crippen molar-refractivity contribution in [3.05, 3.63) is 34.6 Å². The highest BCUT2D eigenvalue weighted by molar-refractivity contribution is 6.30. The second-order valence-corrected chi connectivity index (χ2v) is 4.25. The number of carbonyl (C=O) groups excluding carboxylic acids is 1. The fourth-order valence-corrected chi connectivity index (χ4v) is 1.69. The minimum absolute atomic E-state index is 0.0570. The van der Waals surface area contributed by atoms with Crippen molar-refractivity contribution in [3.63, 3.8) is 0 Å². The predicted molar refractivity (Wildman–Crippen MR) is 69.4 cm³/mol. The fraction of sp³-hybridized carbons (Fsp3) is 0.385. The van der Waals surface area contributed by atoms with E-state index in [9.17, 15) is 9.18 Å². The van der Waals surface area contributed by atoms with Crippen LogP contribution in [0.3, 0.4) is 0 Å². The summed E-state index contributed by atoms with van der Waals surface area (Å²) in [5, 5.41) is 8.80. The Balaban J connectivity index is 2.88. The number of methoxy groups -OCH3 is 1. The fourth-order valence-electron chi connectivity index (χ4n) is 1.53. The van der Waals surface area contributed by atoms with Crippen molar-refractivity contribution in [2.75, 3.05) is 26.8 Å². The number of nitrogens with zero attached hydrogens (tertiary/aromatic N) is 2. The molecule has 0 spiro atoms. The first kappa shape index (κ1) is 15.4. The van der Waals surface area contributed by atoms with E-state index in [2.05, 4.69) is 0 Å². The highest BCUT2D eigenvalue weighted by Gasteiger charge is 2.19. The Labute approximate surface area is 116 Å². The number of hydrogen-bond donors (Lipinski definition) is 0. The van der Waals surface area contributed by atoms with E-state index in [-0.39, 0.29) is 23.6 Å². The number of benzene rings is 1. The van der Waals surface area contributed by atoms with Crippen LogP contribution in [0.5, 0.6) is 0 Å². The summed E-state index contributed by atoms with van der Waals surface area (Å²) in [4.78, 5) is 13.6. The average molecular weight is 285 g/mol. The van der Waals surface area contributed by atoms with Crippen LogP contribution in [0, 0.1) is 17.1 Å². The number of rotatable bonds is 6. The molecule has 0 saturated heterocycles. The van der Waals surface area contributed by atoms with Crippen LogP contribution in [0.1, 0.15) is 16.8 Å². The normalized spacial score (nSPS) is 10.0. The van der Waals surface area contributed by atoms with Crippen molar-refractivity contribution in [1.82, 2.24) is 4.90 Å². The van der Waals surface area contributed by atoms with Gasteiger partial charge in [0.15, 0.2) is 0 Å². The molecular formula is C13H14ClFN2O2. The van der Waals surface area contributed by atoms with Gasteiger partial charge in [-0.15, -0.1) is 0 Å². The van der Waals surface area contributed by atoms with Crippen LogP contribution < -0.4 is 0 Å². The highest BCUT2D eigenvalue weighted by atomic mass is 35.5. The summed E-state index contributed by atoms with van der Waals surface area (Å²) < 4.78 is 18.6. The number of ether oxygens (including phenoxy) is 1. The standard InChI is InChI=1S/C13H14ClFN2O2/c1-19-8-7-17(6-2-5-16)13(18)11-4-3-10(14)9-12(11)15/h3-4,9H,2,6-8H2,1H3. The lowest BCUT2D eigenvalue weighted by Gasteiger charge is -2.21. The van der Waals surface area contributed by atoms with Gasteiger partial charge in [0.1, 0.15) is 5.82 Å². The summed E-state index contributed by atoms with van der Waals surface area (Å²) >= 11 is 5.64. The Morgan fingerprint density at radius 2 is 2.26 bits per heavy atom. The first-order chi connectivity index (χ1) is 9.10. The second kappa shape index (κ2) is 7.72. The van der Waals surface area contributed by atoms with Gasteiger partial charge in [-0.3, -0.25) is 4.79 Å². The zero-order valence-corrected chi connectivity index (χ0v) is 11.3. The second-order valence-electron chi connectivity index (χ2n) is 3.82. The van der Waals surface area contributed by atoms with E-state index < -0.39 is 11.7 Å². The zero-order chi connectivity index (χ0) is 14.3. The monoisotopic (exact) mass is 284 g/mol. The Hall–Kier alpha value is -1.64. The first-order valence-electron chi connectivity index (χ1n) is 5.70. The number of nitriles is 1. The van der Waals surface area contributed by atoms with Crippen LogP contribution in [0.15, 0.2) is 18.2 Å². The summed E-state index contributed by atoms with van der Waals surface area (Å²) in [5.74, 6) is -1.14. The van der Waals surface area contributed by atoms with Gasteiger partial charge in [0, 0.05) is 25.2 Å². The smallest absolute Gasteiger partial charge is 0.256 e. The van der Waals surface area contributed by atoms with Crippen LogP contribution in [-0.4, -0.2) is 37.6 Å². The van der Waals surface area contributed by atoms with E-state index in [1.807, 2.05) is 6.07 Å². The topological polar surface area (TPSA) is 53.3 Å². The molecule has 19 heavy (non-hydrogen) atoms. The SMILES string of the molecule is COCCN(CCC#N)C(=O)c1ccc(Cl)cc1F. The van der Waals surface area contributed by atoms with Crippen molar-refractivity contribution < 1.29 is 13.9 Å². The molecule has 0 unspecified atom stereocenters. The molecule has 0 aliphatic carbocycles. The highest BCUT2D eigenvalue weighted by Crippen LogP contribution is 2.16. The molecule has 0 saturated carbocycles. The molecule has 0 aliphatic heterocycles. The zero-order valence-electron chi connectivity index (χ0n) is 10.5. The molecule has 0 atom stereocenters. The summed E-state index contributed by atoms with van der Waals surface area (Å²) in [5.41, 5.74) is -0.0570. The van der Waals surface area contributed by atoms with Crippen LogP contribution in [0.4, 0.5) is 4.39 Å². The number of amides is 1. The summed E-state index contributed by atoms with van der Waals surface area (Å²) in [6, 6.07) is 5.84. The molecule has 0 heterocycles. The van der Waals surface area contributed by atoms with Gasteiger partial charge < -0.3 is 9.64 Å². The first-order valence-corrected chi connectivity index (χ1v) is 6.08. The molecule has 0 radical (unpaired) electrons. The van der Waals surface area contributed by atoms with Crippen LogP contribution in [-0.2, 0) is 4.74 Å². The maximum absolute atomic E-state index is 13.7. The molecule has 1 aromatic rings. The van der Waals surface area contributed by atoms with Crippen LogP contribution >= 0.6 is 11.6 Å². The van der Waals surface area contributed by atoms with Crippen molar-refractivity contribution in [1.29, 1.82) is 5.26 Å². The summed E-state index contributed by atoms with van der Waals surface area (Å²) in [6.07, 6.45) is 0.185. The summed E-state index contributed by atoms with van der Waals surface area (Å²) in [6.45, 7) is 0.867. The van der Waals surface area contributed by atoms with E-state index in [4.69, 9.17) is 21.6 Å². The van der Waals surface area contributed by atoms with E-state index in [0.717, 1.165) is 6.07 Å². The van der Waals surface area contributed by atoms with Crippen LogP contribution in [0.2, 0.25) is 5.02 Å². The Kier molecular flexibility index (Phi) is 6.26. The molecule has 102 valence electrons. The lowest BCUT2D eigenvalue weighted by molar-refractivity contribution is 0.0695. The Bertz CT molecular complexity index is 488. The van der Waals surface area contributed by atoms with Crippen LogP contribution in [0.25, 0.3) is 0 Å². The molecule has 0 bridgehead atoms. The van der Waals surface area contributed by atoms with E-state index >= 15 is 0 Å². The molecule has 6 heteroatoms. The quantitative estimate of drug-likeness (QED) is 0.806. The number of carbonyl (C=O) groups is 1. The minimum atomic E-state index is -0.670. The van der Waals surface area contributed by atoms with Crippen molar-refractivity contribution in [3.8, 4) is 6.07 Å². The summed E-state index contributed by atoms with van der Waals surface area (Å²) in [7, 11) is 1.51. The third-order valence-corrected chi connectivity index (χ3v) is 2.74. The predicted octanol–water partition coefficient (Wildman–Crippen LogP) is 2.48. The van der Waals surface area contributed by atoms with Gasteiger partial charge in [0.05, 0.1) is 24.7 Å². The molecule has 0 fully saturated rings. The lowest BCUT2D eigenvalue weighted by atomic mass is 10.2. The Morgan fingerprint density at radius 1 is 1.53 bits per heavy atom. The molecule has 0 N–H and O–H groups in total. The molecule has 0 aromatic heterocycles. The average Bonchev–Trinajstić information content (AvgIpc) is 2.38. The third kappa shape index (κ3) is 4.51. The maximum Gasteiger partial charge on any atom is 0.256 e. The van der Waals surface area contributed by atoms with Gasteiger partial charge >= 0.3 is 0 Å². The van der Waals surface area contributed by atoms with Gasteiger partial charge in [0.25, 0.3) is 5.91 Å². The van der Waals surface area contributed by atoms with E-state index in [1.165, 1.54) is 24.1 Å². The number of halogens is 2. The molecule has 1 rings (SSSR count). The van der Waals surface area contributed by atoms with Gasteiger partial charge in [-0.2, -0.15) is 5.26 Å². The minimum Gasteiger partial charge on any atom is -0.383 e. The van der Waals surface area contributed by atoms with Crippen molar-refractivity contribution >= 4 is 17.5 Å². The van der Waals surface area contributed by atoms with E-state index in [0.29, 0.717) is 13.2 Å². The Morgan fingerprint density at radius 3 is 2.84 bits per heavy atom. The maximum atomic E-state index is 13.7. The molecule has 1 aromatic carbocycles. The molecule has 0 aliphatic rings. The molecular weight excluding hydrogens is 271 g/mol. The molecule has 1 amide bonds. The van der Waals surface area contributed by atoms with Gasteiger partial charge in [0.2, 0.25) is 0 Å².